The van der Waals surface area contributed by atoms with Crippen LogP contribution in [0, 0.1) is 5.92 Å². The molecule has 0 spiro atoms. The predicted octanol–water partition coefficient (Wildman–Crippen LogP) is 3.55. The Morgan fingerprint density at radius 3 is 2.85 bits per heavy atom. The van der Waals surface area contributed by atoms with Gasteiger partial charge in [0, 0.05) is 10.9 Å². The molecule has 1 aromatic carbocycles. The van der Waals surface area contributed by atoms with Crippen LogP contribution in [-0.2, 0) is 0 Å². The van der Waals surface area contributed by atoms with Gasteiger partial charge in [0.2, 0.25) is 0 Å². The molecule has 1 unspecified atom stereocenters. The molecule has 110 valence electrons. The Balaban J connectivity index is 1.47. The van der Waals surface area contributed by atoms with Crippen molar-refractivity contribution in [1.82, 2.24) is 10.2 Å². The van der Waals surface area contributed by atoms with Crippen LogP contribution in [0.3, 0.4) is 0 Å². The van der Waals surface area contributed by atoms with Gasteiger partial charge in [0.05, 0.1) is 0 Å². The van der Waals surface area contributed by atoms with Crippen molar-refractivity contribution >= 4 is 11.8 Å². The second-order valence-corrected chi connectivity index (χ2v) is 7.35. The van der Waals surface area contributed by atoms with E-state index in [4.69, 9.17) is 0 Å². The number of nitrogens with one attached hydrogen (secondary N) is 1. The van der Waals surface area contributed by atoms with Crippen LogP contribution in [0.15, 0.2) is 29.2 Å². The minimum absolute atomic E-state index is 0.582. The zero-order valence-corrected chi connectivity index (χ0v) is 13.3. The van der Waals surface area contributed by atoms with E-state index in [0.717, 1.165) is 5.92 Å². The summed E-state index contributed by atoms with van der Waals surface area (Å²) in [4.78, 5) is 3.94. The zero-order chi connectivity index (χ0) is 13.8. The lowest BCUT2D eigenvalue weighted by molar-refractivity contribution is 0.210. The van der Waals surface area contributed by atoms with Crippen molar-refractivity contribution in [1.29, 1.82) is 0 Å². The van der Waals surface area contributed by atoms with E-state index in [9.17, 15) is 0 Å². The van der Waals surface area contributed by atoms with Crippen LogP contribution >= 0.6 is 11.8 Å². The molecule has 0 saturated carbocycles. The van der Waals surface area contributed by atoms with Crippen molar-refractivity contribution in [2.75, 3.05) is 32.4 Å². The normalized spacial score (nSPS) is 24.6. The van der Waals surface area contributed by atoms with Gasteiger partial charge in [0.1, 0.15) is 0 Å². The van der Waals surface area contributed by atoms with Gasteiger partial charge >= 0.3 is 0 Å². The quantitative estimate of drug-likeness (QED) is 0.913. The molecule has 2 aliphatic heterocycles. The van der Waals surface area contributed by atoms with Gasteiger partial charge in [0.15, 0.2) is 0 Å². The largest absolute Gasteiger partial charge is 0.310 e. The highest BCUT2D eigenvalue weighted by Gasteiger charge is 2.21. The maximum absolute atomic E-state index is 3.81. The number of rotatable bonds is 4. The van der Waals surface area contributed by atoms with E-state index in [1.165, 1.54) is 61.5 Å². The minimum Gasteiger partial charge on any atom is -0.310 e. The van der Waals surface area contributed by atoms with Crippen LogP contribution < -0.4 is 5.32 Å². The molecule has 1 saturated heterocycles. The van der Waals surface area contributed by atoms with Crippen molar-refractivity contribution < 1.29 is 0 Å². The molecule has 0 radical (unpaired) electrons. The van der Waals surface area contributed by atoms with E-state index in [0.29, 0.717) is 6.04 Å². The molecule has 0 bridgehead atoms. The third-order valence-corrected chi connectivity index (χ3v) is 5.86. The highest BCUT2D eigenvalue weighted by Crippen LogP contribution is 2.35. The van der Waals surface area contributed by atoms with Crippen molar-refractivity contribution in [3.05, 3.63) is 29.8 Å². The van der Waals surface area contributed by atoms with E-state index < -0.39 is 0 Å². The first-order valence-corrected chi connectivity index (χ1v) is 8.95. The molecule has 0 aromatic heterocycles. The van der Waals surface area contributed by atoms with Gasteiger partial charge in [-0.3, -0.25) is 0 Å². The van der Waals surface area contributed by atoms with Crippen LogP contribution in [0.1, 0.15) is 37.3 Å². The zero-order valence-electron chi connectivity index (χ0n) is 12.5. The fraction of sp³-hybridized carbons (Fsp3) is 0.647. The number of hydrogen-bond acceptors (Lipinski definition) is 3. The molecule has 2 heterocycles. The molecule has 20 heavy (non-hydrogen) atoms. The molecule has 1 aromatic rings. The lowest BCUT2D eigenvalue weighted by Gasteiger charge is -2.30. The molecule has 2 aliphatic rings. The van der Waals surface area contributed by atoms with E-state index in [1.807, 2.05) is 11.8 Å². The standard InChI is InChI=1S/C17H26N2S/c1-19-11-7-14(8-12-19)6-10-18-16-9-13-20-17-5-3-2-4-15(16)17/h2-5,14,16,18H,6-13H2,1H3. The average molecular weight is 290 g/mol. The Labute approximate surface area is 127 Å². The Bertz CT molecular complexity index is 427. The molecule has 0 amide bonds. The van der Waals surface area contributed by atoms with Gasteiger partial charge < -0.3 is 10.2 Å². The SMILES string of the molecule is CN1CCC(CCNC2CCSc3ccccc32)CC1. The number of hydrogen-bond donors (Lipinski definition) is 1. The summed E-state index contributed by atoms with van der Waals surface area (Å²) < 4.78 is 0. The molecule has 1 fully saturated rings. The third-order valence-electron chi connectivity index (χ3n) is 4.74. The third kappa shape index (κ3) is 3.57. The number of likely N-dealkylation sites (tertiary alicyclic amines) is 1. The Kier molecular flexibility index (Phi) is 5.03. The molecule has 2 nitrogen and oxygen atoms in total. The van der Waals surface area contributed by atoms with Gasteiger partial charge in [-0.2, -0.15) is 0 Å². The summed E-state index contributed by atoms with van der Waals surface area (Å²) in [6, 6.07) is 9.49. The summed E-state index contributed by atoms with van der Waals surface area (Å²) >= 11 is 2.01. The smallest absolute Gasteiger partial charge is 0.0339 e. The van der Waals surface area contributed by atoms with Crippen LogP contribution in [0.4, 0.5) is 0 Å². The summed E-state index contributed by atoms with van der Waals surface area (Å²) in [5.74, 6) is 2.19. The van der Waals surface area contributed by atoms with Gasteiger partial charge in [-0.25, -0.2) is 0 Å². The summed E-state index contributed by atoms with van der Waals surface area (Å²) in [6.07, 6.45) is 5.39. The first-order chi connectivity index (χ1) is 9.83. The number of benzene rings is 1. The fourth-order valence-corrected chi connectivity index (χ4v) is 4.49. The second kappa shape index (κ2) is 6.97. The minimum atomic E-state index is 0.582. The molecular weight excluding hydrogens is 264 g/mol. The highest BCUT2D eigenvalue weighted by atomic mass is 32.2. The summed E-state index contributed by atoms with van der Waals surface area (Å²) in [5.41, 5.74) is 1.52. The average Bonchev–Trinajstić information content (AvgIpc) is 2.49. The van der Waals surface area contributed by atoms with Gasteiger partial charge in [-0.05, 0) is 75.7 Å². The molecule has 1 N–H and O–H groups in total. The van der Waals surface area contributed by atoms with E-state index in [1.54, 1.807) is 0 Å². The second-order valence-electron chi connectivity index (χ2n) is 6.22. The maximum Gasteiger partial charge on any atom is 0.0339 e. The number of fused-ring (bicyclic) bond motifs is 1. The van der Waals surface area contributed by atoms with Crippen LogP contribution in [0.2, 0.25) is 0 Å². The van der Waals surface area contributed by atoms with Crippen LogP contribution in [-0.4, -0.2) is 37.3 Å². The lowest BCUT2D eigenvalue weighted by atomic mass is 9.93. The van der Waals surface area contributed by atoms with E-state index in [-0.39, 0.29) is 0 Å². The fourth-order valence-electron chi connectivity index (χ4n) is 3.37. The van der Waals surface area contributed by atoms with Gasteiger partial charge in [-0.1, -0.05) is 18.2 Å². The lowest BCUT2D eigenvalue weighted by Crippen LogP contribution is -2.32. The summed E-state index contributed by atoms with van der Waals surface area (Å²) in [5, 5.41) is 3.81. The topological polar surface area (TPSA) is 15.3 Å². The van der Waals surface area contributed by atoms with Gasteiger partial charge in [0.25, 0.3) is 0 Å². The highest BCUT2D eigenvalue weighted by molar-refractivity contribution is 7.99. The summed E-state index contributed by atoms with van der Waals surface area (Å²) in [6.45, 7) is 3.75. The number of piperidine rings is 1. The molecule has 1 atom stereocenters. The Hall–Kier alpha value is -0.510. The molecule has 3 heteroatoms. The van der Waals surface area contributed by atoms with E-state index in [2.05, 4.69) is 41.5 Å². The molecule has 3 rings (SSSR count). The van der Waals surface area contributed by atoms with Crippen molar-refractivity contribution in [2.45, 2.75) is 36.6 Å². The first-order valence-electron chi connectivity index (χ1n) is 7.96. The van der Waals surface area contributed by atoms with Crippen molar-refractivity contribution in [2.24, 2.45) is 5.92 Å². The first kappa shape index (κ1) is 14.4. The van der Waals surface area contributed by atoms with Gasteiger partial charge in [-0.15, -0.1) is 11.8 Å². The molecule has 0 aliphatic carbocycles. The summed E-state index contributed by atoms with van der Waals surface area (Å²) in [7, 11) is 2.24. The maximum atomic E-state index is 3.81. The van der Waals surface area contributed by atoms with Crippen molar-refractivity contribution in [3.63, 3.8) is 0 Å². The number of thioether (sulfide) groups is 1. The van der Waals surface area contributed by atoms with E-state index >= 15 is 0 Å². The Morgan fingerprint density at radius 1 is 1.20 bits per heavy atom. The molecular formula is C17H26N2S. The monoisotopic (exact) mass is 290 g/mol. The number of nitrogens with zero attached hydrogens (tertiary/aromatic N) is 1. The van der Waals surface area contributed by atoms with Crippen LogP contribution in [0.5, 0.6) is 0 Å². The van der Waals surface area contributed by atoms with Crippen molar-refractivity contribution in [3.8, 4) is 0 Å². The van der Waals surface area contributed by atoms with Crippen LogP contribution in [0.25, 0.3) is 0 Å². The Morgan fingerprint density at radius 2 is 2.00 bits per heavy atom. The predicted molar refractivity (Wildman–Crippen MR) is 87.4 cm³/mol.